The number of hydrogen-bond acceptors (Lipinski definition) is 12. The van der Waals surface area contributed by atoms with Crippen molar-refractivity contribution in [2.45, 2.75) is 26.3 Å². The Bertz CT molecular complexity index is 1420. The third-order valence-corrected chi connectivity index (χ3v) is 7.52. The van der Waals surface area contributed by atoms with E-state index in [-0.39, 0.29) is 0 Å². The maximum Gasteiger partial charge on any atom is 0.341 e. The number of rotatable bonds is 8. The van der Waals surface area contributed by atoms with Crippen molar-refractivity contribution in [1.29, 1.82) is 0 Å². The summed E-state index contributed by atoms with van der Waals surface area (Å²) in [6.07, 6.45) is 4.65. The van der Waals surface area contributed by atoms with Crippen LogP contribution >= 0.6 is 11.3 Å². The highest BCUT2D eigenvalue weighted by Gasteiger charge is 2.27. The van der Waals surface area contributed by atoms with Gasteiger partial charge in [0, 0.05) is 48.2 Å². The first kappa shape index (κ1) is 25.7. The van der Waals surface area contributed by atoms with E-state index >= 15 is 0 Å². The van der Waals surface area contributed by atoms with Crippen LogP contribution in [0.4, 0.5) is 11.8 Å². The first-order valence-electron chi connectivity index (χ1n) is 12.3. The predicted octanol–water partition coefficient (Wildman–Crippen LogP) is 3.91. The second-order valence-corrected chi connectivity index (χ2v) is 10.2. The Kier molecular flexibility index (Phi) is 7.34. The lowest BCUT2D eigenvalue weighted by molar-refractivity contribution is 0.0525. The molecule has 0 bridgehead atoms. The summed E-state index contributed by atoms with van der Waals surface area (Å²) in [5.41, 5.74) is 1.44. The van der Waals surface area contributed by atoms with E-state index in [0.29, 0.717) is 43.0 Å². The minimum Gasteiger partial charge on any atom is -0.481 e. The molecule has 12 heteroatoms. The van der Waals surface area contributed by atoms with Crippen LogP contribution in [0.5, 0.6) is 5.88 Å². The molecular weight excluding hydrogens is 506 g/mol. The number of anilines is 2. The summed E-state index contributed by atoms with van der Waals surface area (Å²) in [5, 5.41) is 3.38. The summed E-state index contributed by atoms with van der Waals surface area (Å²) in [6.45, 7) is 8.96. The maximum atomic E-state index is 11.9. The number of hydrogen-bond donors (Lipinski definition) is 1. The van der Waals surface area contributed by atoms with Gasteiger partial charge < -0.3 is 24.4 Å². The number of carbonyl (C=O) groups is 1. The Labute approximate surface area is 224 Å². The minimum absolute atomic E-state index is 0.295. The molecule has 11 nitrogen and oxygen atoms in total. The van der Waals surface area contributed by atoms with E-state index < -0.39 is 11.5 Å². The number of methoxy groups -OCH3 is 1. The van der Waals surface area contributed by atoms with Crippen LogP contribution in [0.2, 0.25) is 0 Å². The number of nitrogens with one attached hydrogen (secondary N) is 1. The fraction of sp³-hybridized carbons (Fsp3) is 0.385. The Balaban J connectivity index is 1.49. The van der Waals surface area contributed by atoms with Crippen LogP contribution in [0.1, 0.15) is 36.0 Å². The molecule has 0 radical (unpaired) electrons. The summed E-state index contributed by atoms with van der Waals surface area (Å²) in [4.78, 5) is 38.0. The molecule has 1 saturated heterocycles. The van der Waals surface area contributed by atoms with Crippen molar-refractivity contribution in [2.24, 2.45) is 0 Å². The van der Waals surface area contributed by atoms with E-state index in [1.807, 2.05) is 6.07 Å². The molecule has 4 aromatic rings. The van der Waals surface area contributed by atoms with Gasteiger partial charge in [-0.15, -0.1) is 11.3 Å². The predicted molar refractivity (Wildman–Crippen MR) is 145 cm³/mol. The van der Waals surface area contributed by atoms with E-state index in [4.69, 9.17) is 24.2 Å². The molecule has 0 aliphatic carbocycles. The van der Waals surface area contributed by atoms with Crippen molar-refractivity contribution in [3.63, 3.8) is 0 Å². The van der Waals surface area contributed by atoms with Crippen molar-refractivity contribution < 1.29 is 19.0 Å². The van der Waals surface area contributed by atoms with Crippen LogP contribution in [-0.4, -0.2) is 70.9 Å². The van der Waals surface area contributed by atoms with Crippen LogP contribution < -0.4 is 15.0 Å². The van der Waals surface area contributed by atoms with Crippen molar-refractivity contribution in [2.75, 3.05) is 50.2 Å². The molecule has 1 aliphatic heterocycles. The van der Waals surface area contributed by atoms with Gasteiger partial charge in [-0.3, -0.25) is 0 Å². The van der Waals surface area contributed by atoms with Gasteiger partial charge in [0.25, 0.3) is 0 Å². The highest BCUT2D eigenvalue weighted by atomic mass is 32.1. The Morgan fingerprint density at radius 2 is 1.89 bits per heavy atom. The summed E-state index contributed by atoms with van der Waals surface area (Å²) in [5.74, 6) is 1.98. The van der Waals surface area contributed by atoms with Crippen molar-refractivity contribution in [1.82, 2.24) is 24.9 Å². The molecule has 4 aromatic heterocycles. The number of thiophene rings is 1. The van der Waals surface area contributed by atoms with E-state index in [1.54, 1.807) is 37.6 Å². The zero-order valence-electron chi connectivity index (χ0n) is 21.7. The van der Waals surface area contributed by atoms with Gasteiger partial charge in [0.2, 0.25) is 11.8 Å². The van der Waals surface area contributed by atoms with Gasteiger partial charge in [-0.1, -0.05) is 0 Å². The maximum absolute atomic E-state index is 11.9. The summed E-state index contributed by atoms with van der Waals surface area (Å²) >= 11 is 1.63. The van der Waals surface area contributed by atoms with Gasteiger partial charge in [0.15, 0.2) is 11.6 Å². The van der Waals surface area contributed by atoms with Gasteiger partial charge in [0.05, 0.1) is 48.2 Å². The van der Waals surface area contributed by atoms with Crippen LogP contribution in [0.25, 0.3) is 21.6 Å². The standard InChI is InChI=1S/C26H29N7O4S/c1-5-37-24(34)17-14-28-25(29-15-17)32-26(2,3)19-12-18-21(38-19)23(33-8-10-36-11-9-33)31-22(30-18)16-6-7-20(35-4)27-13-16/h6-7,12-15H,5,8-11H2,1-4H3,(H,28,29,32). The van der Waals surface area contributed by atoms with Gasteiger partial charge in [0.1, 0.15) is 0 Å². The Morgan fingerprint density at radius 3 is 2.55 bits per heavy atom. The first-order valence-corrected chi connectivity index (χ1v) is 13.1. The topological polar surface area (TPSA) is 124 Å². The second-order valence-electron chi connectivity index (χ2n) is 9.15. The van der Waals surface area contributed by atoms with Crippen LogP contribution in [0.3, 0.4) is 0 Å². The van der Waals surface area contributed by atoms with Crippen molar-refractivity contribution >= 4 is 39.3 Å². The van der Waals surface area contributed by atoms with Crippen LogP contribution in [-0.2, 0) is 15.0 Å². The van der Waals surface area contributed by atoms with Gasteiger partial charge >= 0.3 is 5.97 Å². The molecule has 5 rings (SSSR count). The molecule has 0 unspecified atom stereocenters. The first-order chi connectivity index (χ1) is 18.4. The van der Waals surface area contributed by atoms with E-state index in [2.05, 4.69) is 45.1 Å². The quantitative estimate of drug-likeness (QED) is 0.330. The SMILES string of the molecule is CCOC(=O)c1cnc(NC(C)(C)c2cc3nc(-c4ccc(OC)nc4)nc(N4CCOCC4)c3s2)nc1. The zero-order valence-corrected chi connectivity index (χ0v) is 22.5. The largest absolute Gasteiger partial charge is 0.481 e. The lowest BCUT2D eigenvalue weighted by Gasteiger charge is -2.28. The fourth-order valence-corrected chi connectivity index (χ4v) is 5.20. The molecule has 38 heavy (non-hydrogen) atoms. The Morgan fingerprint density at radius 1 is 1.13 bits per heavy atom. The highest BCUT2D eigenvalue weighted by Crippen LogP contribution is 2.39. The third-order valence-electron chi connectivity index (χ3n) is 6.07. The monoisotopic (exact) mass is 535 g/mol. The molecule has 1 aliphatic rings. The number of fused-ring (bicyclic) bond motifs is 1. The number of pyridine rings is 1. The molecule has 0 saturated carbocycles. The summed E-state index contributed by atoms with van der Waals surface area (Å²) < 4.78 is 16.8. The number of nitrogens with zero attached hydrogens (tertiary/aromatic N) is 6. The van der Waals surface area contributed by atoms with E-state index in [9.17, 15) is 4.79 Å². The smallest absolute Gasteiger partial charge is 0.341 e. The number of morpholine rings is 1. The highest BCUT2D eigenvalue weighted by molar-refractivity contribution is 7.19. The van der Waals surface area contributed by atoms with Crippen LogP contribution in [0.15, 0.2) is 36.8 Å². The minimum atomic E-state index is -0.527. The van der Waals surface area contributed by atoms with Crippen LogP contribution in [0, 0.1) is 0 Å². The third kappa shape index (κ3) is 5.36. The summed E-state index contributed by atoms with van der Waals surface area (Å²) in [7, 11) is 1.59. The summed E-state index contributed by atoms with van der Waals surface area (Å²) in [6, 6.07) is 5.79. The molecule has 198 valence electrons. The molecule has 1 fully saturated rings. The number of carbonyl (C=O) groups excluding carboxylic acids is 1. The van der Waals surface area contributed by atoms with Gasteiger partial charge in [-0.05, 0) is 32.9 Å². The second kappa shape index (κ2) is 10.8. The molecule has 0 atom stereocenters. The van der Waals surface area contributed by atoms with E-state index in [0.717, 1.165) is 39.6 Å². The molecule has 5 heterocycles. The average molecular weight is 536 g/mol. The Hall–Kier alpha value is -3.90. The van der Waals surface area contributed by atoms with Gasteiger partial charge in [-0.25, -0.2) is 29.7 Å². The number of aromatic nitrogens is 5. The number of ether oxygens (including phenoxy) is 3. The van der Waals surface area contributed by atoms with Gasteiger partial charge in [-0.2, -0.15) is 0 Å². The van der Waals surface area contributed by atoms with Crippen molar-refractivity contribution in [3.8, 4) is 17.3 Å². The fourth-order valence-electron chi connectivity index (χ4n) is 4.03. The molecule has 0 aromatic carbocycles. The molecule has 0 spiro atoms. The van der Waals surface area contributed by atoms with Crippen molar-refractivity contribution in [3.05, 3.63) is 47.2 Å². The van der Waals surface area contributed by atoms with E-state index in [1.165, 1.54) is 12.4 Å². The average Bonchev–Trinajstić information content (AvgIpc) is 3.39. The lowest BCUT2D eigenvalue weighted by Crippen LogP contribution is -2.36. The lowest BCUT2D eigenvalue weighted by atomic mass is 10.0. The molecule has 1 N–H and O–H groups in total. The molecular formula is C26H29N7O4S. The molecule has 0 amide bonds. The number of esters is 1. The normalized spacial score (nSPS) is 13.9. The zero-order chi connectivity index (χ0) is 26.7.